The summed E-state index contributed by atoms with van der Waals surface area (Å²) in [5.74, 6) is -0.851. The molecule has 0 aromatic heterocycles. The smallest absolute Gasteiger partial charge is 0.326 e. The van der Waals surface area contributed by atoms with Gasteiger partial charge in [0.1, 0.15) is 6.04 Å². The fraction of sp³-hybridized carbons (Fsp3) is 0.636. The SMILES string of the molecule is C=CCC(CS)C(=O)N1CCC[C@H]1C(=O)O. The molecule has 1 fully saturated rings. The van der Waals surface area contributed by atoms with Crippen molar-refractivity contribution >= 4 is 24.5 Å². The van der Waals surface area contributed by atoms with Crippen molar-refractivity contribution in [1.82, 2.24) is 4.90 Å². The van der Waals surface area contributed by atoms with Crippen molar-refractivity contribution < 1.29 is 14.7 Å². The van der Waals surface area contributed by atoms with E-state index in [1.807, 2.05) is 0 Å². The van der Waals surface area contributed by atoms with E-state index in [0.717, 1.165) is 6.42 Å². The van der Waals surface area contributed by atoms with Gasteiger partial charge in [-0.15, -0.1) is 6.58 Å². The first-order chi connectivity index (χ1) is 7.61. The molecule has 2 atom stereocenters. The van der Waals surface area contributed by atoms with Crippen LogP contribution in [0.15, 0.2) is 12.7 Å². The Balaban J connectivity index is 2.71. The molecule has 5 heteroatoms. The number of carbonyl (C=O) groups is 2. The van der Waals surface area contributed by atoms with Crippen LogP contribution in [-0.4, -0.2) is 40.2 Å². The minimum atomic E-state index is -0.914. The number of hydrogen-bond donors (Lipinski definition) is 2. The molecule has 1 aliphatic rings. The zero-order chi connectivity index (χ0) is 12.1. The van der Waals surface area contributed by atoms with E-state index in [1.165, 1.54) is 4.90 Å². The molecule has 1 amide bonds. The normalized spacial score (nSPS) is 21.8. The highest BCUT2D eigenvalue weighted by Gasteiger charge is 2.36. The Kier molecular flexibility index (Phi) is 4.86. The predicted molar refractivity (Wildman–Crippen MR) is 64.5 cm³/mol. The number of thiol groups is 1. The zero-order valence-corrected chi connectivity index (χ0v) is 10.0. The highest BCUT2D eigenvalue weighted by Crippen LogP contribution is 2.21. The minimum Gasteiger partial charge on any atom is -0.480 e. The van der Waals surface area contributed by atoms with Gasteiger partial charge in [-0.05, 0) is 19.3 Å². The zero-order valence-electron chi connectivity index (χ0n) is 9.13. The van der Waals surface area contributed by atoms with Gasteiger partial charge < -0.3 is 10.0 Å². The summed E-state index contributed by atoms with van der Waals surface area (Å²) in [6.07, 6.45) is 3.53. The van der Waals surface area contributed by atoms with E-state index in [1.54, 1.807) is 6.08 Å². The van der Waals surface area contributed by atoms with Crippen molar-refractivity contribution in [3.05, 3.63) is 12.7 Å². The Bertz CT molecular complexity index is 293. The highest BCUT2D eigenvalue weighted by atomic mass is 32.1. The molecule has 1 unspecified atom stereocenters. The van der Waals surface area contributed by atoms with Crippen LogP contribution in [0.25, 0.3) is 0 Å². The maximum atomic E-state index is 12.0. The average molecular weight is 243 g/mol. The molecule has 0 aromatic rings. The molecular formula is C11H17NO3S. The second-order valence-electron chi connectivity index (χ2n) is 3.93. The number of carboxylic acids is 1. The van der Waals surface area contributed by atoms with Gasteiger partial charge in [0.25, 0.3) is 0 Å². The van der Waals surface area contributed by atoms with E-state index in [0.29, 0.717) is 25.1 Å². The summed E-state index contributed by atoms with van der Waals surface area (Å²) in [6, 6.07) is -0.653. The predicted octanol–water partition coefficient (Wildman–Crippen LogP) is 1.18. The van der Waals surface area contributed by atoms with E-state index in [2.05, 4.69) is 19.2 Å². The third-order valence-corrected chi connectivity index (χ3v) is 3.28. The summed E-state index contributed by atoms with van der Waals surface area (Å²) < 4.78 is 0. The Morgan fingerprint density at radius 1 is 1.62 bits per heavy atom. The van der Waals surface area contributed by atoms with Gasteiger partial charge in [-0.1, -0.05) is 6.08 Å². The Hall–Kier alpha value is -0.970. The van der Waals surface area contributed by atoms with Gasteiger partial charge in [-0.2, -0.15) is 12.6 Å². The lowest BCUT2D eigenvalue weighted by atomic mass is 10.1. The van der Waals surface area contributed by atoms with E-state index >= 15 is 0 Å². The number of hydrogen-bond acceptors (Lipinski definition) is 3. The van der Waals surface area contributed by atoms with Crippen LogP contribution < -0.4 is 0 Å². The molecule has 16 heavy (non-hydrogen) atoms. The van der Waals surface area contributed by atoms with E-state index < -0.39 is 12.0 Å². The minimum absolute atomic E-state index is 0.111. The molecule has 0 radical (unpaired) electrons. The van der Waals surface area contributed by atoms with Crippen LogP contribution in [0, 0.1) is 5.92 Å². The first-order valence-electron chi connectivity index (χ1n) is 5.36. The molecule has 0 aromatic carbocycles. The fourth-order valence-electron chi connectivity index (χ4n) is 1.98. The van der Waals surface area contributed by atoms with Gasteiger partial charge >= 0.3 is 5.97 Å². The number of rotatable bonds is 5. The number of likely N-dealkylation sites (tertiary alicyclic amines) is 1. The molecule has 0 bridgehead atoms. The van der Waals surface area contributed by atoms with Crippen molar-refractivity contribution in [2.24, 2.45) is 5.92 Å². The molecule has 1 saturated heterocycles. The quantitative estimate of drug-likeness (QED) is 0.563. The topological polar surface area (TPSA) is 57.6 Å². The molecule has 1 heterocycles. The molecular weight excluding hydrogens is 226 g/mol. The summed E-state index contributed by atoms with van der Waals surface area (Å²) in [7, 11) is 0. The largest absolute Gasteiger partial charge is 0.480 e. The maximum absolute atomic E-state index is 12.0. The molecule has 90 valence electrons. The summed E-state index contributed by atoms with van der Waals surface area (Å²) >= 11 is 4.12. The van der Waals surface area contributed by atoms with Crippen LogP contribution in [0.2, 0.25) is 0 Å². The fourth-order valence-corrected chi connectivity index (χ4v) is 2.28. The average Bonchev–Trinajstić information content (AvgIpc) is 2.73. The number of aliphatic carboxylic acids is 1. The Morgan fingerprint density at radius 3 is 2.81 bits per heavy atom. The van der Waals surface area contributed by atoms with E-state index in [9.17, 15) is 9.59 Å². The molecule has 1 aliphatic heterocycles. The van der Waals surface area contributed by atoms with Gasteiger partial charge in [0.05, 0.1) is 5.92 Å². The summed E-state index contributed by atoms with van der Waals surface area (Å²) in [5.41, 5.74) is 0. The molecule has 4 nitrogen and oxygen atoms in total. The third kappa shape index (κ3) is 2.78. The first-order valence-corrected chi connectivity index (χ1v) is 6.00. The Morgan fingerprint density at radius 2 is 2.31 bits per heavy atom. The van der Waals surface area contributed by atoms with Crippen LogP contribution in [0.5, 0.6) is 0 Å². The van der Waals surface area contributed by atoms with E-state index in [4.69, 9.17) is 5.11 Å². The number of carbonyl (C=O) groups excluding carboxylic acids is 1. The molecule has 0 saturated carbocycles. The summed E-state index contributed by atoms with van der Waals surface area (Å²) in [6.45, 7) is 4.13. The Labute approximate surface area is 101 Å². The van der Waals surface area contributed by atoms with Gasteiger partial charge in [0.2, 0.25) is 5.91 Å². The number of nitrogens with zero attached hydrogens (tertiary/aromatic N) is 1. The number of carboxylic acid groups (broad SMARTS) is 1. The lowest BCUT2D eigenvalue weighted by Gasteiger charge is -2.25. The monoisotopic (exact) mass is 243 g/mol. The van der Waals surface area contributed by atoms with Crippen molar-refractivity contribution in [2.45, 2.75) is 25.3 Å². The molecule has 0 aliphatic carbocycles. The second kappa shape index (κ2) is 5.94. The molecule has 1 rings (SSSR count). The van der Waals surface area contributed by atoms with Crippen molar-refractivity contribution in [3.63, 3.8) is 0 Å². The van der Waals surface area contributed by atoms with Gasteiger partial charge in [0.15, 0.2) is 0 Å². The van der Waals surface area contributed by atoms with Crippen molar-refractivity contribution in [1.29, 1.82) is 0 Å². The highest BCUT2D eigenvalue weighted by molar-refractivity contribution is 7.80. The maximum Gasteiger partial charge on any atom is 0.326 e. The van der Waals surface area contributed by atoms with Crippen LogP contribution in [0.4, 0.5) is 0 Å². The third-order valence-electron chi connectivity index (χ3n) is 2.84. The lowest BCUT2D eigenvalue weighted by Crippen LogP contribution is -2.43. The van der Waals surface area contributed by atoms with Gasteiger partial charge in [0, 0.05) is 12.3 Å². The molecule has 1 N–H and O–H groups in total. The van der Waals surface area contributed by atoms with Gasteiger partial charge in [-0.25, -0.2) is 4.79 Å². The van der Waals surface area contributed by atoms with Crippen molar-refractivity contribution in [3.8, 4) is 0 Å². The first kappa shape index (κ1) is 13.1. The summed E-state index contributed by atoms with van der Waals surface area (Å²) in [4.78, 5) is 24.5. The van der Waals surface area contributed by atoms with Gasteiger partial charge in [-0.3, -0.25) is 4.79 Å². The van der Waals surface area contributed by atoms with Crippen LogP contribution in [0.3, 0.4) is 0 Å². The standard InChI is InChI=1S/C11H17NO3S/c1-2-4-8(7-16)10(13)12-6-3-5-9(12)11(14)15/h2,8-9,16H,1,3-7H2,(H,14,15)/t8?,9-/m0/s1. The second-order valence-corrected chi connectivity index (χ2v) is 4.30. The van der Waals surface area contributed by atoms with Crippen molar-refractivity contribution in [2.75, 3.05) is 12.3 Å². The lowest BCUT2D eigenvalue weighted by molar-refractivity contribution is -0.149. The number of allylic oxidation sites excluding steroid dienone is 1. The number of amides is 1. The summed E-state index contributed by atoms with van der Waals surface area (Å²) in [5, 5.41) is 8.98. The van der Waals surface area contributed by atoms with Crippen LogP contribution in [0.1, 0.15) is 19.3 Å². The van der Waals surface area contributed by atoms with E-state index in [-0.39, 0.29) is 11.8 Å². The van der Waals surface area contributed by atoms with Crippen LogP contribution in [-0.2, 0) is 9.59 Å². The molecule has 0 spiro atoms. The van der Waals surface area contributed by atoms with Crippen LogP contribution >= 0.6 is 12.6 Å².